The molecule has 1 N–H and O–H groups in total. The molecule has 1 aliphatic heterocycles. The lowest BCUT2D eigenvalue weighted by Crippen LogP contribution is -2.29. The van der Waals surface area contributed by atoms with Gasteiger partial charge in [-0.05, 0) is 97.5 Å². The molecule has 0 spiro atoms. The summed E-state index contributed by atoms with van der Waals surface area (Å²) < 4.78 is 0. The van der Waals surface area contributed by atoms with E-state index in [0.717, 1.165) is 63.7 Å². The van der Waals surface area contributed by atoms with Crippen molar-refractivity contribution in [3.8, 4) is 11.3 Å². The van der Waals surface area contributed by atoms with Crippen LogP contribution in [0.25, 0.3) is 11.3 Å². The normalized spacial score (nSPS) is 13.2. The van der Waals surface area contributed by atoms with Gasteiger partial charge in [0.25, 0.3) is 5.91 Å². The van der Waals surface area contributed by atoms with Gasteiger partial charge in [0.1, 0.15) is 6.29 Å². The number of benzene rings is 3. The Labute approximate surface area is 234 Å². The molecule has 3 aromatic carbocycles. The Hall–Kier alpha value is -3.90. The van der Waals surface area contributed by atoms with Gasteiger partial charge in [0.2, 0.25) is 0 Å². The minimum absolute atomic E-state index is 0.144. The van der Waals surface area contributed by atoms with Crippen molar-refractivity contribution in [2.75, 3.05) is 23.3 Å². The highest BCUT2D eigenvalue weighted by Gasteiger charge is 2.17. The van der Waals surface area contributed by atoms with Crippen LogP contribution in [0.5, 0.6) is 0 Å². The van der Waals surface area contributed by atoms with E-state index < -0.39 is 0 Å². The minimum atomic E-state index is -0.144. The van der Waals surface area contributed by atoms with Crippen LogP contribution in [-0.2, 0) is 17.0 Å². The van der Waals surface area contributed by atoms with E-state index in [9.17, 15) is 9.59 Å². The van der Waals surface area contributed by atoms with E-state index in [1.165, 1.54) is 24.9 Å². The number of anilines is 2. The molecular formula is C33H33N3O2S. The second-order valence-corrected chi connectivity index (χ2v) is 11.0. The molecule has 5 rings (SSSR count). The van der Waals surface area contributed by atoms with Crippen LogP contribution in [0.2, 0.25) is 0 Å². The summed E-state index contributed by atoms with van der Waals surface area (Å²) in [7, 11) is 0. The van der Waals surface area contributed by atoms with Crippen molar-refractivity contribution in [3.05, 3.63) is 107 Å². The molecule has 1 saturated heterocycles. The Morgan fingerprint density at radius 1 is 0.949 bits per heavy atom. The molecule has 0 radical (unpaired) electrons. The van der Waals surface area contributed by atoms with Crippen LogP contribution in [0.3, 0.4) is 0 Å². The fourth-order valence-corrected chi connectivity index (χ4v) is 5.83. The van der Waals surface area contributed by atoms with Gasteiger partial charge < -0.3 is 15.0 Å². The number of pyridine rings is 1. The number of carbonyl (C=O) groups excluding carboxylic acids is 2. The molecule has 1 aliphatic rings. The van der Waals surface area contributed by atoms with E-state index in [2.05, 4.69) is 40.3 Å². The fraction of sp³-hybridized carbons (Fsp3) is 0.242. The Kier molecular flexibility index (Phi) is 8.74. The lowest BCUT2D eigenvalue weighted by atomic mass is 10.0. The molecule has 6 heteroatoms. The van der Waals surface area contributed by atoms with Crippen LogP contribution < -0.4 is 10.2 Å². The van der Waals surface area contributed by atoms with E-state index in [-0.39, 0.29) is 5.91 Å². The first-order chi connectivity index (χ1) is 19.1. The number of nitrogens with zero attached hydrogens (tertiary/aromatic N) is 2. The number of aldehydes is 1. The van der Waals surface area contributed by atoms with Crippen molar-refractivity contribution >= 4 is 35.3 Å². The van der Waals surface area contributed by atoms with Crippen molar-refractivity contribution in [2.45, 2.75) is 43.3 Å². The summed E-state index contributed by atoms with van der Waals surface area (Å²) in [6.45, 7) is 4.16. The van der Waals surface area contributed by atoms with Crippen LogP contribution in [0, 0.1) is 6.92 Å². The quantitative estimate of drug-likeness (QED) is 0.180. The van der Waals surface area contributed by atoms with Gasteiger partial charge in [-0.1, -0.05) is 24.3 Å². The number of nitrogens with one attached hydrogen (secondary N) is 1. The van der Waals surface area contributed by atoms with Gasteiger partial charge in [-0.25, -0.2) is 0 Å². The van der Waals surface area contributed by atoms with Gasteiger partial charge >= 0.3 is 0 Å². The van der Waals surface area contributed by atoms with E-state index in [1.807, 2.05) is 66.9 Å². The SMILES string of the molecule is Cc1ccnc(-c2cc(N3CCCCC3)ccc2NC(=O)c2cccc(CSc3cccc(CC=O)c3)c2)c1. The predicted molar refractivity (Wildman–Crippen MR) is 161 cm³/mol. The molecule has 1 aromatic heterocycles. The standard InChI is InChI=1S/C33H33N3O2S/c1-24-13-15-34-32(19-24)30-22-28(36-16-3-2-4-17-36)11-12-31(30)35-33(38)27-9-5-8-26(20-27)23-39-29-10-6-7-25(21-29)14-18-37/h5-13,15,18-22H,2-4,14,16-17,23H2,1H3,(H,35,38). The Morgan fingerprint density at radius 3 is 2.59 bits per heavy atom. The second-order valence-electron chi connectivity index (χ2n) is 9.96. The highest BCUT2D eigenvalue weighted by atomic mass is 32.2. The minimum Gasteiger partial charge on any atom is -0.372 e. The van der Waals surface area contributed by atoms with E-state index >= 15 is 0 Å². The third-order valence-electron chi connectivity index (χ3n) is 6.98. The van der Waals surface area contributed by atoms with Gasteiger partial charge in [0.15, 0.2) is 0 Å². The fourth-order valence-electron chi connectivity index (χ4n) is 4.91. The first-order valence-electron chi connectivity index (χ1n) is 13.5. The summed E-state index contributed by atoms with van der Waals surface area (Å²) in [5.74, 6) is 0.587. The highest BCUT2D eigenvalue weighted by molar-refractivity contribution is 7.98. The number of hydrogen-bond acceptors (Lipinski definition) is 5. The Morgan fingerprint density at radius 2 is 1.77 bits per heavy atom. The average Bonchev–Trinajstić information content (AvgIpc) is 2.97. The van der Waals surface area contributed by atoms with Gasteiger partial charge in [0.05, 0.1) is 11.4 Å². The third-order valence-corrected chi connectivity index (χ3v) is 8.04. The Balaban J connectivity index is 1.35. The highest BCUT2D eigenvalue weighted by Crippen LogP contribution is 2.33. The molecule has 4 aromatic rings. The summed E-state index contributed by atoms with van der Waals surface area (Å²) in [5, 5.41) is 3.16. The molecule has 198 valence electrons. The predicted octanol–water partition coefficient (Wildman–Crippen LogP) is 7.33. The van der Waals surface area contributed by atoms with Gasteiger partial charge in [-0.2, -0.15) is 0 Å². The molecule has 1 fully saturated rings. The van der Waals surface area contributed by atoms with Crippen molar-refractivity contribution < 1.29 is 9.59 Å². The number of carbonyl (C=O) groups is 2. The largest absolute Gasteiger partial charge is 0.372 e. The van der Waals surface area contributed by atoms with Crippen LogP contribution >= 0.6 is 11.8 Å². The van der Waals surface area contributed by atoms with Gasteiger partial charge in [-0.15, -0.1) is 11.8 Å². The number of amides is 1. The van der Waals surface area contributed by atoms with Crippen molar-refractivity contribution in [3.63, 3.8) is 0 Å². The summed E-state index contributed by atoms with van der Waals surface area (Å²) in [6, 6.07) is 26.1. The molecule has 0 unspecified atom stereocenters. The number of aromatic nitrogens is 1. The van der Waals surface area contributed by atoms with Crippen LogP contribution in [-0.4, -0.2) is 30.3 Å². The van der Waals surface area contributed by atoms with Crippen molar-refractivity contribution in [2.24, 2.45) is 0 Å². The summed E-state index contributed by atoms with van der Waals surface area (Å²) in [6.07, 6.45) is 6.85. The first-order valence-corrected chi connectivity index (χ1v) is 14.5. The zero-order chi connectivity index (χ0) is 27.0. The van der Waals surface area contributed by atoms with Gasteiger partial charge in [0, 0.05) is 53.2 Å². The summed E-state index contributed by atoms with van der Waals surface area (Å²) >= 11 is 1.69. The number of piperidine rings is 1. The molecule has 1 amide bonds. The lowest BCUT2D eigenvalue weighted by Gasteiger charge is -2.29. The van der Waals surface area contributed by atoms with Crippen LogP contribution in [0.1, 0.15) is 46.3 Å². The number of aryl methyl sites for hydroxylation is 1. The molecule has 2 heterocycles. The number of thioether (sulfide) groups is 1. The molecule has 0 aliphatic carbocycles. The second kappa shape index (κ2) is 12.8. The summed E-state index contributed by atoms with van der Waals surface area (Å²) in [5.41, 5.74) is 7.52. The lowest BCUT2D eigenvalue weighted by molar-refractivity contribution is -0.107. The Bertz CT molecular complexity index is 1460. The average molecular weight is 536 g/mol. The van der Waals surface area contributed by atoms with Gasteiger partial charge in [-0.3, -0.25) is 9.78 Å². The van der Waals surface area contributed by atoms with E-state index in [4.69, 9.17) is 0 Å². The van der Waals surface area contributed by atoms with E-state index in [1.54, 1.807) is 11.8 Å². The topological polar surface area (TPSA) is 62.3 Å². The maximum atomic E-state index is 13.4. The number of rotatable bonds is 9. The molecule has 0 bridgehead atoms. The monoisotopic (exact) mass is 535 g/mol. The molecular weight excluding hydrogens is 502 g/mol. The zero-order valence-electron chi connectivity index (χ0n) is 22.2. The third kappa shape index (κ3) is 6.95. The number of hydrogen-bond donors (Lipinski definition) is 1. The zero-order valence-corrected chi connectivity index (χ0v) is 23.0. The maximum absolute atomic E-state index is 13.4. The maximum Gasteiger partial charge on any atom is 0.255 e. The molecule has 0 saturated carbocycles. The van der Waals surface area contributed by atoms with Crippen molar-refractivity contribution in [1.29, 1.82) is 0 Å². The molecule has 5 nitrogen and oxygen atoms in total. The van der Waals surface area contributed by atoms with Crippen molar-refractivity contribution in [1.82, 2.24) is 4.98 Å². The smallest absolute Gasteiger partial charge is 0.255 e. The van der Waals surface area contributed by atoms with Crippen LogP contribution in [0.15, 0.2) is 90.0 Å². The van der Waals surface area contributed by atoms with Crippen LogP contribution in [0.4, 0.5) is 11.4 Å². The first kappa shape index (κ1) is 26.7. The molecule has 39 heavy (non-hydrogen) atoms. The van der Waals surface area contributed by atoms with E-state index in [0.29, 0.717) is 12.0 Å². The summed E-state index contributed by atoms with van der Waals surface area (Å²) in [4.78, 5) is 32.4. The molecule has 0 atom stereocenters.